The van der Waals surface area contributed by atoms with Crippen LogP contribution in [-0.2, 0) is 25.6 Å². The highest BCUT2D eigenvalue weighted by molar-refractivity contribution is 5.72. The highest BCUT2D eigenvalue weighted by Gasteiger charge is 2.21. The van der Waals surface area contributed by atoms with Gasteiger partial charge in [-0.15, -0.1) is 0 Å². The molecule has 1 rings (SSSR count). The van der Waals surface area contributed by atoms with Crippen LogP contribution in [-0.4, -0.2) is 81.7 Å². The quantitative estimate of drug-likeness (QED) is 0.0493. The molecule has 0 aliphatic heterocycles. The molecule has 9 heteroatoms. The molecule has 0 aliphatic carbocycles. The highest BCUT2D eigenvalue weighted by Crippen LogP contribution is 2.22. The molecule has 1 aromatic rings. The molecular weight excluding hydrogens is 739 g/mol. The molecule has 1 heterocycles. The number of aliphatic hydroxyl groups is 2. The Labute approximate surface area is 363 Å². The van der Waals surface area contributed by atoms with Crippen molar-refractivity contribution in [2.24, 2.45) is 11.8 Å². The topological polar surface area (TPSA) is 114 Å². The molecule has 0 saturated carbocycles. The van der Waals surface area contributed by atoms with Gasteiger partial charge < -0.3 is 24.3 Å². The van der Waals surface area contributed by atoms with Crippen molar-refractivity contribution in [3.63, 3.8) is 0 Å². The van der Waals surface area contributed by atoms with Gasteiger partial charge in [-0.1, -0.05) is 156 Å². The van der Waals surface area contributed by atoms with Crippen molar-refractivity contribution in [1.82, 2.24) is 14.5 Å². The maximum Gasteiger partial charge on any atom is 0.308 e. The van der Waals surface area contributed by atoms with E-state index in [1.54, 1.807) is 6.20 Å². The van der Waals surface area contributed by atoms with Crippen LogP contribution in [0.2, 0.25) is 0 Å². The lowest BCUT2D eigenvalue weighted by Crippen LogP contribution is -2.39. The molecule has 0 spiro atoms. The second-order valence-electron chi connectivity index (χ2n) is 17.8. The zero-order valence-electron chi connectivity index (χ0n) is 39.1. The predicted molar refractivity (Wildman–Crippen MR) is 245 cm³/mol. The molecule has 0 fully saturated rings. The number of aromatic nitrogens is 2. The van der Waals surface area contributed by atoms with Crippen molar-refractivity contribution in [2.45, 2.75) is 245 Å². The number of carbonyl (C=O) groups excluding carboxylic acids is 2. The summed E-state index contributed by atoms with van der Waals surface area (Å²) in [6.07, 6.45) is 37.7. The Morgan fingerprint density at radius 1 is 0.525 bits per heavy atom. The number of rotatable bonds is 44. The minimum absolute atomic E-state index is 0.0122. The fourth-order valence-electron chi connectivity index (χ4n) is 8.21. The molecule has 346 valence electrons. The number of aliphatic hydroxyl groups excluding tert-OH is 2. The van der Waals surface area contributed by atoms with Crippen molar-refractivity contribution in [1.29, 1.82) is 0 Å². The molecule has 4 unspecified atom stereocenters. The van der Waals surface area contributed by atoms with Gasteiger partial charge in [-0.3, -0.25) is 14.5 Å². The lowest BCUT2D eigenvalue weighted by molar-refractivity contribution is -0.150. The van der Waals surface area contributed by atoms with E-state index in [-0.39, 0.29) is 23.8 Å². The van der Waals surface area contributed by atoms with Gasteiger partial charge in [0.25, 0.3) is 0 Å². The smallest absolute Gasteiger partial charge is 0.308 e. The minimum Gasteiger partial charge on any atom is -0.465 e. The van der Waals surface area contributed by atoms with Crippen LogP contribution < -0.4 is 0 Å². The number of esters is 2. The summed E-state index contributed by atoms with van der Waals surface area (Å²) < 4.78 is 13.6. The van der Waals surface area contributed by atoms with Crippen LogP contribution in [0.25, 0.3) is 0 Å². The van der Waals surface area contributed by atoms with E-state index < -0.39 is 12.2 Å². The Bertz CT molecular complexity index is 993. The summed E-state index contributed by atoms with van der Waals surface area (Å²) in [5, 5.41) is 22.1. The predicted octanol–water partition coefficient (Wildman–Crippen LogP) is 12.4. The monoisotopic (exact) mass is 834 g/mol. The van der Waals surface area contributed by atoms with Crippen molar-refractivity contribution in [2.75, 3.05) is 32.8 Å². The van der Waals surface area contributed by atoms with Gasteiger partial charge in [0.2, 0.25) is 0 Å². The van der Waals surface area contributed by atoms with Gasteiger partial charge in [-0.2, -0.15) is 0 Å². The third kappa shape index (κ3) is 32.4. The molecule has 0 aliphatic rings. The molecule has 0 amide bonds. The van der Waals surface area contributed by atoms with Crippen LogP contribution in [0, 0.1) is 11.8 Å². The first-order chi connectivity index (χ1) is 28.8. The number of aryl methyl sites for hydroxylation is 1. The number of unbranched alkanes of at least 4 members (excludes halogenated alkanes) is 18. The van der Waals surface area contributed by atoms with E-state index in [1.165, 1.54) is 103 Å². The normalized spacial score (nSPS) is 13.7. The van der Waals surface area contributed by atoms with E-state index in [0.29, 0.717) is 39.1 Å². The number of nitrogens with zero attached hydrogens (tertiary/aromatic N) is 3. The largest absolute Gasteiger partial charge is 0.465 e. The Kier molecular flexibility index (Phi) is 37.4. The molecule has 0 radical (unpaired) electrons. The molecule has 1 aromatic heterocycles. The van der Waals surface area contributed by atoms with E-state index in [0.717, 1.165) is 96.6 Å². The number of hydrogen-bond donors (Lipinski definition) is 2. The SMILES string of the molecule is CCCCCCCCC(CCCCCC)C(=O)OCCCCC(O)CN(CCCn1ccnc1)CC(O)CCCCOC(=O)C(CCCCCC)CCCCCCCC. The fourth-order valence-corrected chi connectivity index (χ4v) is 8.21. The minimum atomic E-state index is -0.518. The Balaban J connectivity index is 2.51. The summed E-state index contributed by atoms with van der Waals surface area (Å²) in [6, 6.07) is 0. The summed E-state index contributed by atoms with van der Waals surface area (Å²) in [5.74, 6) is -0.0362. The zero-order chi connectivity index (χ0) is 43.0. The first-order valence-electron chi connectivity index (χ1n) is 25.2. The Morgan fingerprint density at radius 3 is 1.29 bits per heavy atom. The van der Waals surface area contributed by atoms with Crippen LogP contribution in [0.4, 0.5) is 0 Å². The van der Waals surface area contributed by atoms with Gasteiger partial charge in [0, 0.05) is 38.6 Å². The van der Waals surface area contributed by atoms with E-state index in [4.69, 9.17) is 9.47 Å². The summed E-state index contributed by atoms with van der Waals surface area (Å²) in [7, 11) is 0. The van der Waals surface area contributed by atoms with Crippen molar-refractivity contribution in [3.05, 3.63) is 18.7 Å². The van der Waals surface area contributed by atoms with Crippen molar-refractivity contribution in [3.8, 4) is 0 Å². The van der Waals surface area contributed by atoms with E-state index in [9.17, 15) is 19.8 Å². The lowest BCUT2D eigenvalue weighted by atomic mass is 9.94. The molecule has 4 atom stereocenters. The van der Waals surface area contributed by atoms with Crippen LogP contribution in [0.5, 0.6) is 0 Å². The third-order valence-electron chi connectivity index (χ3n) is 12.0. The molecule has 2 N–H and O–H groups in total. The summed E-state index contributed by atoms with van der Waals surface area (Å²) >= 11 is 0. The van der Waals surface area contributed by atoms with Crippen LogP contribution in [0.3, 0.4) is 0 Å². The Hall–Kier alpha value is -1.97. The second kappa shape index (κ2) is 40.1. The highest BCUT2D eigenvalue weighted by atomic mass is 16.5. The summed E-state index contributed by atoms with van der Waals surface area (Å²) in [4.78, 5) is 32.5. The Morgan fingerprint density at radius 2 is 0.898 bits per heavy atom. The van der Waals surface area contributed by atoms with Gasteiger partial charge in [0.05, 0.1) is 43.6 Å². The van der Waals surface area contributed by atoms with Gasteiger partial charge in [0.1, 0.15) is 0 Å². The average Bonchev–Trinajstić information content (AvgIpc) is 3.75. The molecule has 9 nitrogen and oxygen atoms in total. The van der Waals surface area contributed by atoms with Crippen LogP contribution in [0.1, 0.15) is 227 Å². The summed E-state index contributed by atoms with van der Waals surface area (Å²) in [5.41, 5.74) is 0. The number of ether oxygens (including phenoxy) is 2. The zero-order valence-corrected chi connectivity index (χ0v) is 39.1. The average molecular weight is 834 g/mol. The van der Waals surface area contributed by atoms with Crippen molar-refractivity contribution >= 4 is 11.9 Å². The van der Waals surface area contributed by atoms with E-state index >= 15 is 0 Å². The molecule has 0 aromatic carbocycles. The number of imidazole rings is 1. The third-order valence-corrected chi connectivity index (χ3v) is 12.0. The van der Waals surface area contributed by atoms with Crippen molar-refractivity contribution < 1.29 is 29.3 Å². The van der Waals surface area contributed by atoms with Crippen LogP contribution >= 0.6 is 0 Å². The molecule has 0 bridgehead atoms. The second-order valence-corrected chi connectivity index (χ2v) is 17.8. The van der Waals surface area contributed by atoms with E-state index in [1.807, 2.05) is 12.5 Å². The number of hydrogen-bond acceptors (Lipinski definition) is 8. The summed E-state index contributed by atoms with van der Waals surface area (Å²) in [6.45, 7) is 12.3. The molecule has 0 saturated heterocycles. The van der Waals surface area contributed by atoms with Gasteiger partial charge in [-0.05, 0) is 70.6 Å². The molecule has 59 heavy (non-hydrogen) atoms. The molecular formula is C50H95N3O6. The lowest BCUT2D eigenvalue weighted by Gasteiger charge is -2.27. The van der Waals surface area contributed by atoms with Gasteiger partial charge in [-0.25, -0.2) is 4.98 Å². The maximum absolute atomic E-state index is 13.1. The first kappa shape index (κ1) is 55.0. The first-order valence-corrected chi connectivity index (χ1v) is 25.2. The van der Waals surface area contributed by atoms with E-state index in [2.05, 4.69) is 42.1 Å². The standard InChI is InChI=1S/C50H95N3O6/c1-5-9-13-17-19-23-32-45(30-21-15-11-7-3)49(56)58-40-27-25-34-47(54)42-53(38-29-37-52-39-36-51-44-52)43-48(55)35-26-28-41-59-50(57)46(31-22-16-12-8-4)33-24-20-18-14-10-6-2/h36,39,44-48,54-55H,5-35,37-38,40-43H2,1-4H3. The number of carbonyl (C=O) groups is 2. The van der Waals surface area contributed by atoms with Gasteiger partial charge in [0.15, 0.2) is 0 Å². The van der Waals surface area contributed by atoms with Gasteiger partial charge >= 0.3 is 11.9 Å². The maximum atomic E-state index is 13.1. The fraction of sp³-hybridized carbons (Fsp3) is 0.900. The van der Waals surface area contributed by atoms with Crippen LogP contribution in [0.15, 0.2) is 18.7 Å².